The quantitative estimate of drug-likeness (QED) is 0.319. The van der Waals surface area contributed by atoms with Gasteiger partial charge >= 0.3 is 0 Å². The Hall–Kier alpha value is -3.32. The molecule has 0 spiro atoms. The summed E-state index contributed by atoms with van der Waals surface area (Å²) in [5.74, 6) is 0. The van der Waals surface area contributed by atoms with Crippen LogP contribution < -0.4 is 4.90 Å². The molecule has 4 rings (SSSR count). The molecular weight excluding hydrogens is 362 g/mol. The molecule has 4 aromatic rings. The fourth-order valence-corrected chi connectivity index (χ4v) is 3.79. The lowest BCUT2D eigenvalue weighted by Gasteiger charge is -2.26. The summed E-state index contributed by atoms with van der Waals surface area (Å²) in [5.41, 5.74) is 9.95. The molecule has 0 fully saturated rings. The van der Waals surface area contributed by atoms with E-state index in [1.165, 1.54) is 45.6 Å². The first kappa shape index (κ1) is 20.0. The molecule has 0 aliphatic carbocycles. The maximum absolute atomic E-state index is 2.31. The van der Waals surface area contributed by atoms with E-state index >= 15 is 0 Å². The Balaban J connectivity index is 1.68. The maximum Gasteiger partial charge on any atom is 0.0462 e. The van der Waals surface area contributed by atoms with Crippen LogP contribution in [0.2, 0.25) is 0 Å². The van der Waals surface area contributed by atoms with Crippen molar-refractivity contribution in [1.29, 1.82) is 0 Å². The van der Waals surface area contributed by atoms with Crippen molar-refractivity contribution in [1.82, 2.24) is 0 Å². The van der Waals surface area contributed by atoms with Gasteiger partial charge in [-0.05, 0) is 73.4 Å². The van der Waals surface area contributed by atoms with Crippen molar-refractivity contribution in [3.05, 3.63) is 114 Å². The van der Waals surface area contributed by atoms with E-state index in [2.05, 4.69) is 123 Å². The van der Waals surface area contributed by atoms with Gasteiger partial charge in [-0.2, -0.15) is 0 Å². The highest BCUT2D eigenvalue weighted by Crippen LogP contribution is 2.35. The van der Waals surface area contributed by atoms with Crippen LogP contribution in [-0.2, 0) is 6.42 Å². The van der Waals surface area contributed by atoms with Gasteiger partial charge in [-0.1, -0.05) is 85.1 Å². The molecule has 0 amide bonds. The second kappa shape index (κ2) is 9.00. The Morgan fingerprint density at radius 2 is 0.867 bits per heavy atom. The van der Waals surface area contributed by atoms with Crippen LogP contribution in [0.3, 0.4) is 0 Å². The number of nitrogens with zero attached hydrogens (tertiary/aromatic N) is 1. The minimum Gasteiger partial charge on any atom is -0.311 e. The van der Waals surface area contributed by atoms with E-state index in [4.69, 9.17) is 0 Å². The number of anilines is 3. The summed E-state index contributed by atoms with van der Waals surface area (Å²) in [7, 11) is 0. The molecule has 0 saturated heterocycles. The molecule has 0 aliphatic heterocycles. The van der Waals surface area contributed by atoms with Gasteiger partial charge in [0, 0.05) is 17.1 Å². The van der Waals surface area contributed by atoms with Gasteiger partial charge in [0.25, 0.3) is 0 Å². The molecule has 1 heteroatoms. The van der Waals surface area contributed by atoms with Crippen molar-refractivity contribution in [3.63, 3.8) is 0 Å². The van der Waals surface area contributed by atoms with Gasteiger partial charge in [-0.25, -0.2) is 0 Å². The lowest BCUT2D eigenvalue weighted by Crippen LogP contribution is -2.09. The Kier molecular flexibility index (Phi) is 5.99. The van der Waals surface area contributed by atoms with Crippen LogP contribution in [0.25, 0.3) is 11.1 Å². The van der Waals surface area contributed by atoms with Crippen molar-refractivity contribution in [2.75, 3.05) is 4.90 Å². The second-order valence-corrected chi connectivity index (χ2v) is 8.00. The number of hydrogen-bond acceptors (Lipinski definition) is 1. The number of hydrogen-bond donors (Lipinski definition) is 0. The van der Waals surface area contributed by atoms with Gasteiger partial charge in [-0.3, -0.25) is 0 Å². The zero-order chi connectivity index (χ0) is 20.9. The Bertz CT molecular complexity index is 1030. The number of benzene rings is 4. The van der Waals surface area contributed by atoms with E-state index in [1.807, 2.05) is 0 Å². The largest absolute Gasteiger partial charge is 0.311 e. The van der Waals surface area contributed by atoms with Crippen molar-refractivity contribution >= 4 is 17.1 Å². The van der Waals surface area contributed by atoms with Gasteiger partial charge in [0.15, 0.2) is 0 Å². The topological polar surface area (TPSA) is 3.24 Å². The molecule has 1 nitrogen and oxygen atoms in total. The molecule has 150 valence electrons. The fraction of sp³-hybridized carbons (Fsp3) is 0.172. The van der Waals surface area contributed by atoms with Gasteiger partial charge in [-0.15, -0.1) is 0 Å². The third-order valence-electron chi connectivity index (χ3n) is 5.54. The summed E-state index contributed by atoms with van der Waals surface area (Å²) in [4.78, 5) is 2.31. The highest BCUT2D eigenvalue weighted by Gasteiger charge is 2.12. The third kappa shape index (κ3) is 4.46. The first-order chi connectivity index (χ1) is 14.6. The van der Waals surface area contributed by atoms with E-state index in [0.717, 1.165) is 12.1 Å². The summed E-state index contributed by atoms with van der Waals surface area (Å²) in [6.07, 6.45) is 2.32. The van der Waals surface area contributed by atoms with E-state index < -0.39 is 0 Å². The van der Waals surface area contributed by atoms with E-state index in [9.17, 15) is 0 Å². The first-order valence-corrected chi connectivity index (χ1v) is 10.8. The summed E-state index contributed by atoms with van der Waals surface area (Å²) < 4.78 is 0. The Morgan fingerprint density at radius 3 is 1.27 bits per heavy atom. The standard InChI is InChI=1S/C29H29N/c1-4-5-24-10-12-25(13-11-24)26-14-20-29(21-15-26)30(27-16-6-22(2)7-17-27)28-18-8-23(3)9-19-28/h6-21H,4-5H2,1-3H3. The van der Waals surface area contributed by atoms with Crippen LogP contribution in [0, 0.1) is 13.8 Å². The van der Waals surface area contributed by atoms with Crippen molar-refractivity contribution in [2.24, 2.45) is 0 Å². The highest BCUT2D eigenvalue weighted by molar-refractivity contribution is 5.78. The van der Waals surface area contributed by atoms with E-state index in [-0.39, 0.29) is 0 Å². The van der Waals surface area contributed by atoms with Crippen LogP contribution in [0.15, 0.2) is 97.1 Å². The number of rotatable bonds is 6. The minimum absolute atomic E-state index is 1.14. The predicted octanol–water partition coefficient (Wildman–Crippen LogP) is 8.39. The molecule has 0 heterocycles. The highest BCUT2D eigenvalue weighted by atomic mass is 15.1. The van der Waals surface area contributed by atoms with Gasteiger partial charge < -0.3 is 4.90 Å². The van der Waals surface area contributed by atoms with Crippen LogP contribution >= 0.6 is 0 Å². The second-order valence-electron chi connectivity index (χ2n) is 8.00. The molecule has 0 N–H and O–H groups in total. The van der Waals surface area contributed by atoms with Crippen molar-refractivity contribution in [3.8, 4) is 11.1 Å². The van der Waals surface area contributed by atoms with Crippen molar-refractivity contribution in [2.45, 2.75) is 33.6 Å². The lowest BCUT2D eigenvalue weighted by molar-refractivity contribution is 0.922. The van der Waals surface area contributed by atoms with Crippen LogP contribution in [0.5, 0.6) is 0 Å². The minimum atomic E-state index is 1.14. The Labute approximate surface area is 180 Å². The fourth-order valence-electron chi connectivity index (χ4n) is 3.79. The average Bonchev–Trinajstić information content (AvgIpc) is 2.78. The zero-order valence-corrected chi connectivity index (χ0v) is 18.1. The molecule has 0 aliphatic rings. The molecule has 0 atom stereocenters. The van der Waals surface area contributed by atoms with E-state index in [1.54, 1.807) is 0 Å². The normalized spacial score (nSPS) is 10.8. The molecule has 0 aromatic heterocycles. The molecule has 0 bridgehead atoms. The lowest BCUT2D eigenvalue weighted by atomic mass is 10.0. The number of aryl methyl sites for hydroxylation is 3. The molecule has 4 aromatic carbocycles. The van der Waals surface area contributed by atoms with Crippen LogP contribution in [0.4, 0.5) is 17.1 Å². The predicted molar refractivity (Wildman–Crippen MR) is 130 cm³/mol. The average molecular weight is 392 g/mol. The summed E-state index contributed by atoms with van der Waals surface area (Å²) >= 11 is 0. The molecule has 30 heavy (non-hydrogen) atoms. The van der Waals surface area contributed by atoms with Crippen molar-refractivity contribution < 1.29 is 0 Å². The molecule has 0 radical (unpaired) electrons. The van der Waals surface area contributed by atoms with Gasteiger partial charge in [0.05, 0.1) is 0 Å². The van der Waals surface area contributed by atoms with E-state index in [0.29, 0.717) is 0 Å². The Morgan fingerprint density at radius 1 is 0.500 bits per heavy atom. The zero-order valence-electron chi connectivity index (χ0n) is 18.1. The van der Waals surface area contributed by atoms with Crippen LogP contribution in [0.1, 0.15) is 30.0 Å². The summed E-state index contributed by atoms with van der Waals surface area (Å²) in [6.45, 7) is 6.47. The molecular formula is C29H29N. The monoisotopic (exact) mass is 391 g/mol. The summed E-state index contributed by atoms with van der Waals surface area (Å²) in [5, 5.41) is 0. The van der Waals surface area contributed by atoms with Gasteiger partial charge in [0.2, 0.25) is 0 Å². The molecule has 0 saturated carbocycles. The SMILES string of the molecule is CCCc1ccc(-c2ccc(N(c3ccc(C)cc3)c3ccc(C)cc3)cc2)cc1. The first-order valence-electron chi connectivity index (χ1n) is 10.8. The maximum atomic E-state index is 2.31. The smallest absolute Gasteiger partial charge is 0.0462 e. The summed E-state index contributed by atoms with van der Waals surface area (Å²) in [6, 6.07) is 35.3. The molecule has 0 unspecified atom stereocenters. The third-order valence-corrected chi connectivity index (χ3v) is 5.54. The van der Waals surface area contributed by atoms with Gasteiger partial charge in [0.1, 0.15) is 0 Å². The van der Waals surface area contributed by atoms with Crippen LogP contribution in [-0.4, -0.2) is 0 Å².